The molecular weight excluding hydrogens is 710 g/mol. The lowest BCUT2D eigenvalue weighted by Crippen LogP contribution is -2.49. The zero-order chi connectivity index (χ0) is 37.9. The molecule has 0 unspecified atom stereocenters. The molecule has 4 aromatic rings. The van der Waals surface area contributed by atoms with Crippen LogP contribution in [-0.4, -0.2) is 109 Å². The number of halogens is 1. The summed E-state index contributed by atoms with van der Waals surface area (Å²) < 4.78 is 0. The smallest absolute Gasteiger partial charge is 0.325 e. The second-order valence-electron chi connectivity index (χ2n) is 12.9. The van der Waals surface area contributed by atoms with Gasteiger partial charge in [-0.05, 0) is 37.8 Å². The number of carboxylic acid groups (broad SMARTS) is 1. The average molecular weight is 756 g/mol. The number of ketones is 1. The lowest BCUT2D eigenvalue weighted by molar-refractivity contribution is -0.138. The molecule has 0 spiro atoms. The van der Waals surface area contributed by atoms with Gasteiger partial charge in [0.05, 0.1) is 25.2 Å². The van der Waals surface area contributed by atoms with Crippen molar-refractivity contribution in [2.24, 2.45) is 11.7 Å². The Kier molecular flexibility index (Phi) is 15.2. The number of para-hydroxylation sites is 1. The number of rotatable bonds is 19. The van der Waals surface area contributed by atoms with E-state index in [0.29, 0.717) is 6.42 Å². The number of carboxylic acids is 1. The first-order valence-corrected chi connectivity index (χ1v) is 16.8. The van der Waals surface area contributed by atoms with Crippen LogP contribution in [0.1, 0.15) is 81.6 Å². The lowest BCUT2D eigenvalue weighted by atomic mass is 10.0. The Bertz CT molecular complexity index is 1900. The Balaban J connectivity index is 0.00000756. The van der Waals surface area contributed by atoms with Crippen LogP contribution in [0.5, 0.6) is 0 Å². The van der Waals surface area contributed by atoms with Crippen molar-refractivity contribution in [1.82, 2.24) is 51.5 Å². The van der Waals surface area contributed by atoms with Gasteiger partial charge in [0.1, 0.15) is 17.4 Å². The molecule has 0 aliphatic carbocycles. The van der Waals surface area contributed by atoms with Crippen LogP contribution >= 0.6 is 12.4 Å². The molecule has 0 saturated heterocycles. The lowest BCUT2D eigenvalue weighted by Gasteiger charge is -2.22. The van der Waals surface area contributed by atoms with Gasteiger partial charge in [-0.1, -0.05) is 32.0 Å². The minimum Gasteiger partial charge on any atom is -0.480 e. The summed E-state index contributed by atoms with van der Waals surface area (Å²) in [5, 5.41) is 23.7. The molecule has 0 bridgehead atoms. The van der Waals surface area contributed by atoms with Crippen LogP contribution in [0.25, 0.3) is 10.9 Å². The minimum absolute atomic E-state index is 0. The van der Waals surface area contributed by atoms with Crippen LogP contribution in [0.15, 0.2) is 43.1 Å². The van der Waals surface area contributed by atoms with E-state index in [2.05, 4.69) is 51.5 Å². The van der Waals surface area contributed by atoms with E-state index in [4.69, 9.17) is 10.8 Å². The highest BCUT2D eigenvalue weighted by Gasteiger charge is 2.29. The van der Waals surface area contributed by atoms with Crippen LogP contribution in [0.2, 0.25) is 0 Å². The maximum absolute atomic E-state index is 13.8. The van der Waals surface area contributed by atoms with Gasteiger partial charge in [-0.3, -0.25) is 28.8 Å². The highest BCUT2D eigenvalue weighted by Crippen LogP contribution is 2.20. The first kappa shape index (κ1) is 41.8. The van der Waals surface area contributed by atoms with Gasteiger partial charge in [0.2, 0.25) is 0 Å². The summed E-state index contributed by atoms with van der Waals surface area (Å²) in [6.45, 7) is 7.06. The zero-order valence-electron chi connectivity index (χ0n) is 29.7. The molecule has 0 radical (unpaired) electrons. The minimum atomic E-state index is -1.24. The number of nitrogens with zero attached hydrogens (tertiary/aromatic N) is 2. The number of Topliss-reactive ketones (excluding diaryl/α,β-unsaturated/α-hetero) is 1. The Morgan fingerprint density at radius 1 is 0.811 bits per heavy atom. The topological polar surface area (TPSA) is 282 Å². The summed E-state index contributed by atoms with van der Waals surface area (Å²) in [5.41, 5.74) is 6.59. The summed E-state index contributed by atoms with van der Waals surface area (Å²) in [7, 11) is 0. The van der Waals surface area contributed by atoms with Crippen molar-refractivity contribution in [3.63, 3.8) is 0 Å². The van der Waals surface area contributed by atoms with Gasteiger partial charge in [-0.25, -0.2) is 9.97 Å². The van der Waals surface area contributed by atoms with E-state index in [1.165, 1.54) is 13.3 Å². The largest absolute Gasteiger partial charge is 0.480 e. The molecule has 0 aliphatic heterocycles. The number of carbonyl (C=O) groups is 6. The summed E-state index contributed by atoms with van der Waals surface area (Å²) >= 11 is 0. The monoisotopic (exact) mass is 755 g/mol. The van der Waals surface area contributed by atoms with E-state index >= 15 is 0 Å². The number of carbonyl (C=O) groups excluding carboxylic acids is 5. The molecule has 4 atom stereocenters. The second kappa shape index (κ2) is 19.3. The molecule has 19 heteroatoms. The van der Waals surface area contributed by atoms with E-state index in [9.17, 15) is 28.8 Å². The van der Waals surface area contributed by atoms with E-state index in [0.717, 1.165) is 22.8 Å². The van der Waals surface area contributed by atoms with Gasteiger partial charge in [0.25, 0.3) is 23.6 Å². The Hall–Kier alpha value is -5.59. The number of H-pyrrole nitrogens is 3. The highest BCUT2D eigenvalue weighted by atomic mass is 35.5. The number of benzene rings is 1. The van der Waals surface area contributed by atoms with Gasteiger partial charge >= 0.3 is 5.97 Å². The van der Waals surface area contributed by atoms with Crippen molar-refractivity contribution < 1.29 is 33.9 Å². The van der Waals surface area contributed by atoms with Crippen LogP contribution in [0.4, 0.5) is 0 Å². The fraction of sp³-hybridized carbons (Fsp3) is 0.412. The van der Waals surface area contributed by atoms with Gasteiger partial charge in [-0.15, -0.1) is 12.4 Å². The number of fused-ring (bicyclic) bond motifs is 1. The van der Waals surface area contributed by atoms with Crippen molar-refractivity contribution in [3.05, 3.63) is 71.5 Å². The number of nitrogens with two attached hydrogens (primary N) is 1. The number of aliphatic carboxylic acids is 1. The third-order valence-corrected chi connectivity index (χ3v) is 8.19. The molecule has 1 aromatic carbocycles. The maximum atomic E-state index is 13.8. The molecule has 4 rings (SSSR count). The third kappa shape index (κ3) is 11.2. The predicted octanol–water partition coefficient (Wildman–Crippen LogP) is 0.660. The number of amides is 4. The Morgan fingerprint density at radius 3 is 2.02 bits per heavy atom. The predicted molar refractivity (Wildman–Crippen MR) is 197 cm³/mol. The number of aromatic nitrogens is 5. The molecule has 286 valence electrons. The van der Waals surface area contributed by atoms with Crippen LogP contribution in [-0.2, 0) is 16.0 Å². The van der Waals surface area contributed by atoms with Crippen LogP contribution < -0.4 is 32.3 Å². The van der Waals surface area contributed by atoms with Crippen LogP contribution in [0.3, 0.4) is 0 Å². The first-order chi connectivity index (χ1) is 24.8. The first-order valence-electron chi connectivity index (χ1n) is 16.8. The van der Waals surface area contributed by atoms with E-state index in [1.54, 1.807) is 13.1 Å². The van der Waals surface area contributed by atoms with Crippen LogP contribution in [0, 0.1) is 5.92 Å². The van der Waals surface area contributed by atoms with Gasteiger partial charge in [0, 0.05) is 48.7 Å². The SMILES string of the molecule is CC(C)C[C@@H](CNCC(=O)[C@H](Cc1c[nH]c2ccccc12)NC(=O)c1[nH]cnc1C(=O)N[C@@H](C)CN)NC(=O)c1nc[nH]c1C(=O)N[C@@H](C)C(=O)O.Cl. The summed E-state index contributed by atoms with van der Waals surface area (Å²) in [4.78, 5) is 93.6. The summed E-state index contributed by atoms with van der Waals surface area (Å²) in [6, 6.07) is 4.45. The molecule has 3 aromatic heterocycles. The zero-order valence-corrected chi connectivity index (χ0v) is 30.6. The molecule has 11 N–H and O–H groups in total. The van der Waals surface area contributed by atoms with Crippen molar-refractivity contribution >= 4 is 58.7 Å². The number of aromatic amines is 3. The molecular formula is C34H46ClN11O7. The number of nitrogens with one attached hydrogen (secondary N) is 8. The van der Waals surface area contributed by atoms with E-state index in [1.807, 2.05) is 38.1 Å². The van der Waals surface area contributed by atoms with Crippen molar-refractivity contribution in [1.29, 1.82) is 0 Å². The fourth-order valence-corrected chi connectivity index (χ4v) is 5.47. The summed E-state index contributed by atoms with van der Waals surface area (Å²) in [5.74, 6) is -4.26. The Labute approximate surface area is 311 Å². The molecule has 53 heavy (non-hydrogen) atoms. The average Bonchev–Trinajstić information content (AvgIpc) is 3.88. The van der Waals surface area contributed by atoms with Gasteiger partial charge < -0.3 is 52.4 Å². The molecule has 0 aliphatic rings. The van der Waals surface area contributed by atoms with E-state index < -0.39 is 47.7 Å². The number of hydrogen-bond donors (Lipinski definition) is 10. The maximum Gasteiger partial charge on any atom is 0.325 e. The quantitative estimate of drug-likeness (QED) is 0.0635. The standard InChI is InChI=1S/C34H45N11O7.ClH/c1-17(2)9-21(44-32(49)28-27(39-16-40-28)31(48)43-19(4)34(51)52)13-36-14-25(46)24(10-20-12-37-23-8-6-5-7-22(20)23)45-33(50)29-26(38-15-41-29)30(47)42-18(3)11-35;/h5-8,12,15-19,21,24,36-37H,9-11,13-14,35H2,1-4H3,(H,38,41)(H,39,40)(H,42,47)(H,43,48)(H,44,49)(H,45,50)(H,51,52);1H/t18-,19-,21-,24-;/m0./s1. The van der Waals surface area contributed by atoms with Gasteiger partial charge in [-0.2, -0.15) is 0 Å². The Morgan fingerprint density at radius 2 is 1.42 bits per heavy atom. The van der Waals surface area contributed by atoms with E-state index in [-0.39, 0.29) is 79.0 Å². The number of imidazole rings is 2. The molecule has 0 saturated carbocycles. The normalized spacial score (nSPS) is 13.3. The fourth-order valence-electron chi connectivity index (χ4n) is 5.47. The molecule has 18 nitrogen and oxygen atoms in total. The van der Waals surface area contributed by atoms with Gasteiger partial charge in [0.15, 0.2) is 17.2 Å². The van der Waals surface area contributed by atoms with Crippen molar-refractivity contribution in [3.8, 4) is 0 Å². The molecule has 0 fully saturated rings. The molecule has 4 amide bonds. The second-order valence-corrected chi connectivity index (χ2v) is 12.9. The molecule has 3 heterocycles. The van der Waals surface area contributed by atoms with Crippen molar-refractivity contribution in [2.75, 3.05) is 19.6 Å². The summed E-state index contributed by atoms with van der Waals surface area (Å²) in [6.07, 6.45) is 4.77. The third-order valence-electron chi connectivity index (χ3n) is 8.19. The number of hydrogen-bond acceptors (Lipinski definition) is 10. The van der Waals surface area contributed by atoms with Crippen molar-refractivity contribution in [2.45, 2.75) is 64.7 Å². The highest BCUT2D eigenvalue weighted by molar-refractivity contribution is 6.07.